The monoisotopic (exact) mass is 307 g/mol. The van der Waals surface area contributed by atoms with Gasteiger partial charge in [-0.3, -0.25) is 0 Å². The van der Waals surface area contributed by atoms with Gasteiger partial charge in [0.1, 0.15) is 5.75 Å². The van der Waals surface area contributed by atoms with Crippen LogP contribution >= 0.6 is 11.6 Å². The molecule has 6 heteroatoms. The van der Waals surface area contributed by atoms with Crippen molar-refractivity contribution in [1.29, 1.82) is 0 Å². The Kier molecular flexibility index (Phi) is 4.81. The highest BCUT2D eigenvalue weighted by Gasteiger charge is 2.32. The second-order valence-electron chi connectivity index (χ2n) is 5.00. The average molecular weight is 308 g/mol. The van der Waals surface area contributed by atoms with Crippen molar-refractivity contribution in [2.24, 2.45) is 0 Å². The molecule has 1 aromatic rings. The number of nitrogens with one attached hydrogen (secondary N) is 1. The van der Waals surface area contributed by atoms with Crippen LogP contribution in [0, 0.1) is 0 Å². The van der Waals surface area contributed by atoms with Crippen LogP contribution in [-0.2, 0) is 12.6 Å². The highest BCUT2D eigenvalue weighted by Crippen LogP contribution is 2.38. The zero-order chi connectivity index (χ0) is 14.8. The Hall–Kier alpha value is -0.940. The van der Waals surface area contributed by atoms with E-state index in [0.717, 1.165) is 37.9 Å². The molecule has 1 aliphatic heterocycles. The summed E-state index contributed by atoms with van der Waals surface area (Å²) in [6, 6.07) is 2.23. The lowest BCUT2D eigenvalue weighted by molar-refractivity contribution is -0.137. The zero-order valence-electron chi connectivity index (χ0n) is 11.2. The first-order valence-electron chi connectivity index (χ1n) is 6.59. The second-order valence-corrected chi connectivity index (χ2v) is 5.41. The first kappa shape index (κ1) is 15.4. The fraction of sp³-hybridized carbons (Fsp3) is 0.571. The molecule has 1 aromatic carbocycles. The molecule has 2 rings (SSSR count). The van der Waals surface area contributed by atoms with Gasteiger partial charge in [-0.05, 0) is 43.5 Å². The van der Waals surface area contributed by atoms with E-state index in [1.165, 1.54) is 7.11 Å². The number of rotatable bonds is 3. The molecule has 1 aliphatic rings. The first-order valence-corrected chi connectivity index (χ1v) is 6.96. The number of benzene rings is 1. The Bertz CT molecular complexity index is 470. The van der Waals surface area contributed by atoms with Crippen LogP contribution in [0.5, 0.6) is 5.75 Å². The Morgan fingerprint density at radius 2 is 2.10 bits per heavy atom. The van der Waals surface area contributed by atoms with Crippen LogP contribution in [0.2, 0.25) is 5.02 Å². The Morgan fingerprint density at radius 1 is 1.35 bits per heavy atom. The van der Waals surface area contributed by atoms with Crippen LogP contribution in [0.1, 0.15) is 30.4 Å². The third kappa shape index (κ3) is 3.58. The molecule has 112 valence electrons. The smallest absolute Gasteiger partial charge is 0.416 e. The van der Waals surface area contributed by atoms with Crippen molar-refractivity contribution in [1.82, 2.24) is 5.32 Å². The van der Waals surface area contributed by atoms with E-state index < -0.39 is 11.7 Å². The summed E-state index contributed by atoms with van der Waals surface area (Å²) in [6.07, 6.45) is -0.752. The minimum atomic E-state index is -4.40. The molecule has 0 aliphatic carbocycles. The highest BCUT2D eigenvalue weighted by atomic mass is 35.5. The SMILES string of the molecule is COc1c(Cl)cc(C(F)(F)F)cc1CC1CCCCN1. The van der Waals surface area contributed by atoms with Crippen molar-refractivity contribution in [3.63, 3.8) is 0 Å². The molecule has 2 nitrogen and oxygen atoms in total. The van der Waals surface area contributed by atoms with E-state index in [1.54, 1.807) is 0 Å². The molecule has 1 fully saturated rings. The van der Waals surface area contributed by atoms with E-state index in [-0.39, 0.29) is 11.1 Å². The third-order valence-corrected chi connectivity index (χ3v) is 3.81. The van der Waals surface area contributed by atoms with E-state index in [0.29, 0.717) is 17.7 Å². The first-order chi connectivity index (χ1) is 9.41. The molecule has 0 saturated carbocycles. The Balaban J connectivity index is 2.30. The maximum absolute atomic E-state index is 12.8. The van der Waals surface area contributed by atoms with Crippen molar-refractivity contribution in [3.05, 3.63) is 28.3 Å². The van der Waals surface area contributed by atoms with Gasteiger partial charge in [0.15, 0.2) is 0 Å². The minimum absolute atomic E-state index is 0.00753. The molecule has 1 saturated heterocycles. The molecule has 1 heterocycles. The molecule has 1 N–H and O–H groups in total. The topological polar surface area (TPSA) is 21.3 Å². The molecule has 0 bridgehead atoms. The highest BCUT2D eigenvalue weighted by molar-refractivity contribution is 6.32. The van der Waals surface area contributed by atoms with Gasteiger partial charge in [0.2, 0.25) is 0 Å². The summed E-state index contributed by atoms with van der Waals surface area (Å²) in [4.78, 5) is 0. The van der Waals surface area contributed by atoms with E-state index in [4.69, 9.17) is 16.3 Å². The van der Waals surface area contributed by atoms with Crippen molar-refractivity contribution in [2.45, 2.75) is 37.9 Å². The summed E-state index contributed by atoms with van der Waals surface area (Å²) in [5.74, 6) is 0.340. The van der Waals surface area contributed by atoms with Gasteiger partial charge in [0.05, 0.1) is 17.7 Å². The molecule has 0 radical (unpaired) electrons. The zero-order valence-corrected chi connectivity index (χ0v) is 11.9. The van der Waals surface area contributed by atoms with E-state index in [9.17, 15) is 13.2 Å². The molecule has 0 spiro atoms. The average Bonchev–Trinajstić information content (AvgIpc) is 2.38. The van der Waals surface area contributed by atoms with Crippen LogP contribution in [0.4, 0.5) is 13.2 Å². The molecular formula is C14H17ClF3NO. The number of halogens is 4. The normalized spacial score (nSPS) is 19.9. The predicted octanol–water partition coefficient (Wildman–Crippen LogP) is 4.05. The van der Waals surface area contributed by atoms with Crippen LogP contribution in [0.25, 0.3) is 0 Å². The quantitative estimate of drug-likeness (QED) is 0.909. The van der Waals surface area contributed by atoms with Crippen molar-refractivity contribution in [2.75, 3.05) is 13.7 Å². The van der Waals surface area contributed by atoms with Crippen LogP contribution in [0.3, 0.4) is 0 Å². The molecule has 1 atom stereocenters. The summed E-state index contributed by atoms with van der Waals surface area (Å²) < 4.78 is 43.7. The van der Waals surface area contributed by atoms with Crippen LogP contribution in [-0.4, -0.2) is 19.7 Å². The van der Waals surface area contributed by atoms with Gasteiger partial charge < -0.3 is 10.1 Å². The van der Waals surface area contributed by atoms with E-state index in [1.807, 2.05) is 0 Å². The van der Waals surface area contributed by atoms with Gasteiger partial charge in [0.25, 0.3) is 0 Å². The predicted molar refractivity (Wildman–Crippen MR) is 72.4 cm³/mol. The Labute approximate surface area is 121 Å². The number of hydrogen-bond acceptors (Lipinski definition) is 2. The summed E-state index contributed by atoms with van der Waals surface area (Å²) in [7, 11) is 1.42. The van der Waals surface area contributed by atoms with Crippen molar-refractivity contribution < 1.29 is 17.9 Å². The van der Waals surface area contributed by atoms with Gasteiger partial charge in [-0.2, -0.15) is 13.2 Å². The second kappa shape index (κ2) is 6.22. The number of methoxy groups -OCH3 is 1. The van der Waals surface area contributed by atoms with E-state index >= 15 is 0 Å². The van der Waals surface area contributed by atoms with Crippen LogP contribution in [0.15, 0.2) is 12.1 Å². The maximum atomic E-state index is 12.8. The summed E-state index contributed by atoms with van der Waals surface area (Å²) in [5.41, 5.74) is -0.221. The lowest BCUT2D eigenvalue weighted by atomic mass is 9.96. The van der Waals surface area contributed by atoms with Crippen molar-refractivity contribution in [3.8, 4) is 5.75 Å². The van der Waals surface area contributed by atoms with Gasteiger partial charge >= 0.3 is 6.18 Å². The summed E-state index contributed by atoms with van der Waals surface area (Å²) in [6.45, 7) is 0.902. The molecule has 0 amide bonds. The number of alkyl halides is 3. The number of hydrogen-bond donors (Lipinski definition) is 1. The van der Waals surface area contributed by atoms with E-state index in [2.05, 4.69) is 5.32 Å². The molecular weight excluding hydrogens is 291 g/mol. The van der Waals surface area contributed by atoms with Gasteiger partial charge in [-0.25, -0.2) is 0 Å². The molecule has 20 heavy (non-hydrogen) atoms. The number of ether oxygens (including phenoxy) is 1. The fourth-order valence-electron chi connectivity index (χ4n) is 2.56. The minimum Gasteiger partial charge on any atom is -0.495 e. The lowest BCUT2D eigenvalue weighted by Crippen LogP contribution is -2.35. The third-order valence-electron chi connectivity index (χ3n) is 3.53. The lowest BCUT2D eigenvalue weighted by Gasteiger charge is -2.25. The van der Waals surface area contributed by atoms with Gasteiger partial charge in [0, 0.05) is 6.04 Å². The van der Waals surface area contributed by atoms with Crippen LogP contribution < -0.4 is 10.1 Å². The van der Waals surface area contributed by atoms with Gasteiger partial charge in [-0.15, -0.1) is 0 Å². The maximum Gasteiger partial charge on any atom is 0.416 e. The van der Waals surface area contributed by atoms with Crippen molar-refractivity contribution >= 4 is 11.6 Å². The fourth-order valence-corrected chi connectivity index (χ4v) is 2.87. The summed E-state index contributed by atoms with van der Waals surface area (Å²) >= 11 is 5.91. The van der Waals surface area contributed by atoms with Gasteiger partial charge in [-0.1, -0.05) is 18.0 Å². The molecule has 1 unspecified atom stereocenters. The molecule has 0 aromatic heterocycles. The summed E-state index contributed by atoms with van der Waals surface area (Å²) in [5, 5.41) is 3.32. The largest absolute Gasteiger partial charge is 0.495 e. The standard InChI is InChI=1S/C14H17ClF3NO/c1-20-13-9(7-11-4-2-3-5-19-11)6-10(8-12(13)15)14(16,17)18/h6,8,11,19H,2-5,7H2,1H3. The Morgan fingerprint density at radius 3 is 2.65 bits per heavy atom. The number of piperidine rings is 1.